The largest absolute Gasteiger partial charge is 0.382 e. The average molecular weight is 342 g/mol. The molecule has 0 radical (unpaired) electrons. The maximum atomic E-state index is 11.3. The van der Waals surface area contributed by atoms with Gasteiger partial charge in [0.25, 0.3) is 0 Å². The molecule has 0 saturated carbocycles. The van der Waals surface area contributed by atoms with Crippen LogP contribution < -0.4 is 0 Å². The van der Waals surface area contributed by atoms with Gasteiger partial charge in [-0.1, -0.05) is 72.8 Å². The van der Waals surface area contributed by atoms with Crippen molar-refractivity contribution >= 4 is 21.5 Å². The van der Waals surface area contributed by atoms with Crippen LogP contribution >= 0.6 is 0 Å². The number of hydrogen-bond acceptors (Lipinski definition) is 2. The number of fused-ring (bicyclic) bond motifs is 2. The van der Waals surface area contributed by atoms with E-state index in [1.54, 1.807) is 13.8 Å². The number of hydrogen-bond donors (Lipinski definition) is 2. The van der Waals surface area contributed by atoms with Crippen molar-refractivity contribution in [3.8, 4) is 0 Å². The van der Waals surface area contributed by atoms with E-state index in [-0.39, 0.29) is 0 Å². The van der Waals surface area contributed by atoms with Crippen molar-refractivity contribution in [3.63, 3.8) is 0 Å². The SMILES string of the molecule is C[C@@](O)(c1ccc2ccccc2c1)[C@](C)(O)c1ccc2ccccc2c1. The van der Waals surface area contributed by atoms with Crippen LogP contribution in [0.25, 0.3) is 21.5 Å². The highest BCUT2D eigenvalue weighted by Crippen LogP contribution is 2.41. The van der Waals surface area contributed by atoms with Crippen LogP contribution in [-0.4, -0.2) is 10.2 Å². The minimum absolute atomic E-state index is 0.689. The summed E-state index contributed by atoms with van der Waals surface area (Å²) in [5.41, 5.74) is -1.51. The van der Waals surface area contributed by atoms with Crippen molar-refractivity contribution in [3.05, 3.63) is 96.1 Å². The monoisotopic (exact) mass is 342 g/mol. The molecule has 2 N–H and O–H groups in total. The predicted octanol–water partition coefficient (Wildman–Crippen LogP) is 5.11. The molecule has 0 spiro atoms. The first-order chi connectivity index (χ1) is 12.4. The van der Waals surface area contributed by atoms with Crippen LogP contribution in [0.4, 0.5) is 0 Å². The van der Waals surface area contributed by atoms with Crippen LogP contribution in [0.1, 0.15) is 25.0 Å². The lowest BCUT2D eigenvalue weighted by Gasteiger charge is -2.39. The first-order valence-electron chi connectivity index (χ1n) is 8.83. The van der Waals surface area contributed by atoms with E-state index < -0.39 is 11.2 Å². The fourth-order valence-electron chi connectivity index (χ4n) is 3.55. The van der Waals surface area contributed by atoms with Crippen LogP contribution in [0.5, 0.6) is 0 Å². The number of rotatable bonds is 3. The number of benzene rings is 4. The molecule has 0 unspecified atom stereocenters. The van der Waals surface area contributed by atoms with E-state index in [0.717, 1.165) is 21.5 Å². The Hall–Kier alpha value is -2.68. The molecule has 2 nitrogen and oxygen atoms in total. The molecule has 26 heavy (non-hydrogen) atoms. The summed E-state index contributed by atoms with van der Waals surface area (Å²) in [6, 6.07) is 27.7. The normalized spacial score (nSPS) is 16.3. The fourth-order valence-corrected chi connectivity index (χ4v) is 3.55. The summed E-state index contributed by atoms with van der Waals surface area (Å²) in [5.74, 6) is 0. The van der Waals surface area contributed by atoms with Crippen LogP contribution in [0.3, 0.4) is 0 Å². The molecular weight excluding hydrogens is 320 g/mol. The number of aliphatic hydroxyl groups is 2. The third-order valence-electron chi connectivity index (χ3n) is 5.57. The van der Waals surface area contributed by atoms with Crippen LogP contribution in [0.2, 0.25) is 0 Å². The van der Waals surface area contributed by atoms with E-state index in [2.05, 4.69) is 0 Å². The van der Waals surface area contributed by atoms with Gasteiger partial charge < -0.3 is 10.2 Å². The average Bonchev–Trinajstić information content (AvgIpc) is 2.67. The Bertz CT molecular complexity index is 1000. The van der Waals surface area contributed by atoms with E-state index in [1.807, 2.05) is 84.9 Å². The molecule has 0 aliphatic heterocycles. The molecule has 4 aromatic rings. The first-order valence-corrected chi connectivity index (χ1v) is 8.83. The molecule has 0 saturated heterocycles. The van der Waals surface area contributed by atoms with Gasteiger partial charge in [0.15, 0.2) is 0 Å². The second-order valence-corrected chi connectivity index (χ2v) is 7.27. The highest BCUT2D eigenvalue weighted by molar-refractivity contribution is 5.84. The summed E-state index contributed by atoms with van der Waals surface area (Å²) >= 11 is 0. The standard InChI is InChI=1S/C24H22O2/c1-23(25,21-13-11-17-7-3-5-9-19(17)15-21)24(2,26)22-14-12-18-8-4-6-10-20(18)16-22/h3-16,25-26H,1-2H3/t23-,24-/m1/s1. The summed E-state index contributed by atoms with van der Waals surface area (Å²) in [4.78, 5) is 0. The molecule has 0 fully saturated rings. The molecule has 0 amide bonds. The van der Waals surface area contributed by atoms with Gasteiger partial charge in [0.05, 0.1) is 0 Å². The van der Waals surface area contributed by atoms with Gasteiger partial charge in [-0.05, 0) is 58.7 Å². The lowest BCUT2D eigenvalue weighted by molar-refractivity contribution is -0.143. The van der Waals surface area contributed by atoms with Crippen molar-refractivity contribution in [2.45, 2.75) is 25.0 Å². The summed E-state index contributed by atoms with van der Waals surface area (Å²) in [6.07, 6.45) is 0. The molecule has 130 valence electrons. The summed E-state index contributed by atoms with van der Waals surface area (Å²) in [6.45, 7) is 3.35. The molecule has 0 aliphatic carbocycles. The zero-order chi connectivity index (χ0) is 18.4. The van der Waals surface area contributed by atoms with Gasteiger partial charge in [-0.3, -0.25) is 0 Å². The Morgan fingerprint density at radius 3 is 1.23 bits per heavy atom. The van der Waals surface area contributed by atoms with Crippen molar-refractivity contribution in [2.75, 3.05) is 0 Å². The maximum absolute atomic E-state index is 11.3. The van der Waals surface area contributed by atoms with E-state index in [9.17, 15) is 10.2 Å². The summed E-state index contributed by atoms with van der Waals surface area (Å²) < 4.78 is 0. The van der Waals surface area contributed by atoms with Crippen molar-refractivity contribution in [2.24, 2.45) is 0 Å². The zero-order valence-electron chi connectivity index (χ0n) is 15.0. The second kappa shape index (κ2) is 5.94. The third-order valence-corrected chi connectivity index (χ3v) is 5.57. The van der Waals surface area contributed by atoms with Gasteiger partial charge in [0, 0.05) is 0 Å². The Labute approximate surface area is 153 Å². The zero-order valence-corrected chi connectivity index (χ0v) is 15.0. The van der Waals surface area contributed by atoms with Crippen LogP contribution in [0, 0.1) is 0 Å². The van der Waals surface area contributed by atoms with Gasteiger partial charge >= 0.3 is 0 Å². The molecule has 0 aromatic heterocycles. The van der Waals surface area contributed by atoms with E-state index >= 15 is 0 Å². The first kappa shape index (κ1) is 16.8. The molecular formula is C24H22O2. The van der Waals surface area contributed by atoms with Crippen molar-refractivity contribution < 1.29 is 10.2 Å². The van der Waals surface area contributed by atoms with Crippen molar-refractivity contribution in [1.82, 2.24) is 0 Å². The molecule has 0 aliphatic rings. The van der Waals surface area contributed by atoms with E-state index in [0.29, 0.717) is 11.1 Å². The van der Waals surface area contributed by atoms with Crippen LogP contribution in [0.15, 0.2) is 84.9 Å². The quantitative estimate of drug-likeness (QED) is 0.543. The molecule has 4 rings (SSSR count). The van der Waals surface area contributed by atoms with Crippen LogP contribution in [-0.2, 0) is 11.2 Å². The van der Waals surface area contributed by atoms with Crippen molar-refractivity contribution in [1.29, 1.82) is 0 Å². The van der Waals surface area contributed by atoms with Gasteiger partial charge in [-0.25, -0.2) is 0 Å². The predicted molar refractivity (Wildman–Crippen MR) is 107 cm³/mol. The molecule has 2 heteroatoms. The molecule has 0 bridgehead atoms. The minimum Gasteiger partial charge on any atom is -0.382 e. The Morgan fingerprint density at radius 1 is 0.500 bits per heavy atom. The molecule has 0 heterocycles. The Kier molecular flexibility index (Phi) is 3.83. The lowest BCUT2D eigenvalue weighted by Crippen LogP contribution is -2.45. The molecule has 4 aromatic carbocycles. The fraction of sp³-hybridized carbons (Fsp3) is 0.167. The topological polar surface area (TPSA) is 40.5 Å². The van der Waals surface area contributed by atoms with E-state index in [1.165, 1.54) is 0 Å². The highest BCUT2D eigenvalue weighted by Gasteiger charge is 2.44. The highest BCUT2D eigenvalue weighted by atomic mass is 16.4. The lowest BCUT2D eigenvalue weighted by atomic mass is 9.75. The van der Waals surface area contributed by atoms with Gasteiger partial charge in [0.1, 0.15) is 11.2 Å². The van der Waals surface area contributed by atoms with Gasteiger partial charge in [-0.15, -0.1) is 0 Å². The molecule has 2 atom stereocenters. The Morgan fingerprint density at radius 2 is 0.846 bits per heavy atom. The van der Waals surface area contributed by atoms with Gasteiger partial charge in [-0.2, -0.15) is 0 Å². The smallest absolute Gasteiger partial charge is 0.119 e. The second-order valence-electron chi connectivity index (χ2n) is 7.27. The Balaban J connectivity index is 1.82. The third kappa shape index (κ3) is 2.59. The van der Waals surface area contributed by atoms with E-state index in [4.69, 9.17) is 0 Å². The summed E-state index contributed by atoms with van der Waals surface area (Å²) in [7, 11) is 0. The van der Waals surface area contributed by atoms with Gasteiger partial charge in [0.2, 0.25) is 0 Å². The maximum Gasteiger partial charge on any atom is 0.119 e. The minimum atomic E-state index is -1.44. The summed E-state index contributed by atoms with van der Waals surface area (Å²) in [5, 5.41) is 27.0.